The van der Waals surface area contributed by atoms with Gasteiger partial charge in [0.15, 0.2) is 0 Å². The average molecular weight is 251 g/mol. The highest BCUT2D eigenvalue weighted by Crippen LogP contribution is 2.17. The molecular weight excluding hydrogens is 232 g/mol. The number of carbonyl (C=O) groups excluding carboxylic acids is 1. The first-order chi connectivity index (χ1) is 6.24. The second-order valence-corrected chi connectivity index (χ2v) is 3.93. The lowest BCUT2D eigenvalue weighted by Crippen LogP contribution is -2.12. The molecule has 0 aromatic rings. The molecule has 0 aliphatic rings. The van der Waals surface area contributed by atoms with Gasteiger partial charge in [-0.2, -0.15) is 0 Å². The molecule has 0 saturated carbocycles. The second-order valence-electron chi connectivity index (χ2n) is 3.14. The minimum Gasteiger partial charge on any atom is -0.466 e. The van der Waals surface area contributed by atoms with Crippen LogP contribution >= 0.6 is 15.9 Å². The third kappa shape index (κ3) is 7.05. The molecule has 0 rings (SSSR count). The summed E-state index contributed by atoms with van der Waals surface area (Å²) in [6.07, 6.45) is 3.89. The molecule has 2 nitrogen and oxygen atoms in total. The second kappa shape index (κ2) is 8.54. The van der Waals surface area contributed by atoms with E-state index in [1.54, 1.807) is 0 Å². The van der Waals surface area contributed by atoms with Crippen molar-refractivity contribution in [1.29, 1.82) is 0 Å². The Hall–Kier alpha value is -0.0500. The molecule has 0 aromatic carbocycles. The van der Waals surface area contributed by atoms with Crippen molar-refractivity contribution < 1.29 is 9.53 Å². The highest BCUT2D eigenvalue weighted by molar-refractivity contribution is 9.09. The fourth-order valence-corrected chi connectivity index (χ4v) is 2.01. The molecule has 1 unspecified atom stereocenters. The Balaban J connectivity index is 3.71. The van der Waals surface area contributed by atoms with Gasteiger partial charge in [0.1, 0.15) is 0 Å². The van der Waals surface area contributed by atoms with Gasteiger partial charge in [-0.25, -0.2) is 0 Å². The van der Waals surface area contributed by atoms with E-state index >= 15 is 0 Å². The van der Waals surface area contributed by atoms with E-state index in [2.05, 4.69) is 22.9 Å². The number of rotatable bonds is 7. The Morgan fingerprint density at radius 3 is 2.54 bits per heavy atom. The smallest absolute Gasteiger partial charge is 0.306 e. The van der Waals surface area contributed by atoms with Crippen molar-refractivity contribution in [2.45, 2.75) is 39.5 Å². The fraction of sp³-hybridized carbons (Fsp3) is 0.900. The first-order valence-corrected chi connectivity index (χ1v) is 6.08. The molecule has 13 heavy (non-hydrogen) atoms. The zero-order valence-electron chi connectivity index (χ0n) is 8.51. The summed E-state index contributed by atoms with van der Waals surface area (Å²) in [5, 5.41) is 0.969. The molecule has 0 aliphatic carbocycles. The van der Waals surface area contributed by atoms with Crippen molar-refractivity contribution in [3.05, 3.63) is 0 Å². The van der Waals surface area contributed by atoms with Crippen LogP contribution in [0.2, 0.25) is 0 Å². The summed E-state index contributed by atoms with van der Waals surface area (Å²) >= 11 is 3.40. The molecule has 0 saturated heterocycles. The quantitative estimate of drug-likeness (QED) is 0.513. The van der Waals surface area contributed by atoms with E-state index in [0.29, 0.717) is 18.9 Å². The molecule has 0 amide bonds. The molecule has 0 spiro atoms. The van der Waals surface area contributed by atoms with Crippen LogP contribution in [-0.4, -0.2) is 17.9 Å². The van der Waals surface area contributed by atoms with Crippen molar-refractivity contribution in [2.24, 2.45) is 5.92 Å². The summed E-state index contributed by atoms with van der Waals surface area (Å²) in [5.74, 6) is 0.435. The van der Waals surface area contributed by atoms with E-state index in [-0.39, 0.29) is 5.97 Å². The van der Waals surface area contributed by atoms with E-state index in [1.165, 1.54) is 0 Å². The van der Waals surface area contributed by atoms with Crippen LogP contribution in [0, 0.1) is 5.92 Å². The van der Waals surface area contributed by atoms with Crippen LogP contribution in [-0.2, 0) is 9.53 Å². The van der Waals surface area contributed by atoms with Crippen molar-refractivity contribution in [2.75, 3.05) is 11.9 Å². The molecule has 3 heteroatoms. The minimum absolute atomic E-state index is 0.0538. The molecule has 0 N–H and O–H groups in total. The van der Waals surface area contributed by atoms with Crippen molar-refractivity contribution >= 4 is 21.9 Å². The maximum Gasteiger partial charge on any atom is 0.306 e. The van der Waals surface area contributed by atoms with Gasteiger partial charge >= 0.3 is 5.97 Å². The molecule has 0 fully saturated rings. The zero-order chi connectivity index (χ0) is 10.1. The number of carbonyl (C=O) groups is 1. The number of hydrogen-bond acceptors (Lipinski definition) is 2. The van der Waals surface area contributed by atoms with Gasteiger partial charge in [-0.05, 0) is 19.3 Å². The maximum atomic E-state index is 11.2. The first-order valence-electron chi connectivity index (χ1n) is 4.96. The third-order valence-corrected chi connectivity index (χ3v) is 2.43. The predicted octanol–water partition coefficient (Wildman–Crippen LogP) is 3.14. The standard InChI is InChI=1S/C10H19BrO2/c1-3-5-9(6-7-11)8-10(12)13-4-2/h9H,3-8H2,1-2H3. The summed E-state index contributed by atoms with van der Waals surface area (Å²) in [5.41, 5.74) is 0. The SMILES string of the molecule is CCCC(CCBr)CC(=O)OCC. The van der Waals surface area contributed by atoms with Gasteiger partial charge in [0.2, 0.25) is 0 Å². The normalized spacial score (nSPS) is 12.5. The van der Waals surface area contributed by atoms with Crippen LogP contribution < -0.4 is 0 Å². The highest BCUT2D eigenvalue weighted by atomic mass is 79.9. The summed E-state index contributed by atoms with van der Waals surface area (Å²) < 4.78 is 4.91. The topological polar surface area (TPSA) is 26.3 Å². The van der Waals surface area contributed by atoms with E-state index < -0.39 is 0 Å². The van der Waals surface area contributed by atoms with Gasteiger partial charge in [0.25, 0.3) is 0 Å². The largest absolute Gasteiger partial charge is 0.466 e. The van der Waals surface area contributed by atoms with Crippen LogP contribution in [0.3, 0.4) is 0 Å². The Morgan fingerprint density at radius 1 is 1.38 bits per heavy atom. The summed E-state index contributed by atoms with van der Waals surface area (Å²) in [7, 11) is 0. The molecule has 0 aromatic heterocycles. The van der Waals surface area contributed by atoms with Crippen molar-refractivity contribution in [3.8, 4) is 0 Å². The van der Waals surface area contributed by atoms with Crippen LogP contribution in [0.5, 0.6) is 0 Å². The highest BCUT2D eigenvalue weighted by Gasteiger charge is 2.12. The minimum atomic E-state index is -0.0538. The van der Waals surface area contributed by atoms with Crippen molar-refractivity contribution in [1.82, 2.24) is 0 Å². The van der Waals surface area contributed by atoms with E-state index in [4.69, 9.17) is 4.74 Å². The summed E-state index contributed by atoms with van der Waals surface area (Å²) in [6, 6.07) is 0. The van der Waals surface area contributed by atoms with Crippen LogP contribution in [0.25, 0.3) is 0 Å². The Bertz CT molecular complexity index is 131. The van der Waals surface area contributed by atoms with Gasteiger partial charge in [-0.15, -0.1) is 0 Å². The number of hydrogen-bond donors (Lipinski definition) is 0. The zero-order valence-corrected chi connectivity index (χ0v) is 10.1. The van der Waals surface area contributed by atoms with Crippen LogP contribution in [0.1, 0.15) is 39.5 Å². The molecule has 78 valence electrons. The Morgan fingerprint density at radius 2 is 2.08 bits per heavy atom. The lowest BCUT2D eigenvalue weighted by atomic mass is 9.97. The summed E-state index contributed by atoms with van der Waals surface area (Å²) in [4.78, 5) is 11.2. The van der Waals surface area contributed by atoms with E-state index in [1.807, 2.05) is 6.92 Å². The number of esters is 1. The van der Waals surface area contributed by atoms with Crippen LogP contribution in [0.4, 0.5) is 0 Å². The molecule has 1 atom stereocenters. The number of halogens is 1. The van der Waals surface area contributed by atoms with E-state index in [0.717, 1.165) is 24.6 Å². The predicted molar refractivity (Wildman–Crippen MR) is 58.1 cm³/mol. The molecule has 0 bridgehead atoms. The summed E-state index contributed by atoms with van der Waals surface area (Å²) in [6.45, 7) is 4.48. The van der Waals surface area contributed by atoms with E-state index in [9.17, 15) is 4.79 Å². The van der Waals surface area contributed by atoms with Gasteiger partial charge in [0.05, 0.1) is 6.61 Å². The van der Waals surface area contributed by atoms with Gasteiger partial charge < -0.3 is 4.74 Å². The first kappa shape index (κ1) is 12.9. The molecular formula is C10H19BrO2. The number of alkyl halides is 1. The lowest BCUT2D eigenvalue weighted by Gasteiger charge is -2.13. The Kier molecular flexibility index (Phi) is 8.51. The average Bonchev–Trinajstić information content (AvgIpc) is 2.05. The molecule has 0 heterocycles. The van der Waals surface area contributed by atoms with Gasteiger partial charge in [-0.3, -0.25) is 4.79 Å². The van der Waals surface area contributed by atoms with Crippen LogP contribution in [0.15, 0.2) is 0 Å². The molecule has 0 aliphatic heterocycles. The fourth-order valence-electron chi connectivity index (χ4n) is 1.37. The lowest BCUT2D eigenvalue weighted by molar-refractivity contribution is -0.144. The van der Waals surface area contributed by atoms with Crippen molar-refractivity contribution in [3.63, 3.8) is 0 Å². The molecule has 0 radical (unpaired) electrons. The Labute approximate surface area is 89.2 Å². The van der Waals surface area contributed by atoms with Gasteiger partial charge in [0, 0.05) is 11.8 Å². The number of ether oxygens (including phenoxy) is 1. The van der Waals surface area contributed by atoms with Gasteiger partial charge in [-0.1, -0.05) is 35.7 Å². The maximum absolute atomic E-state index is 11.2. The monoisotopic (exact) mass is 250 g/mol. The third-order valence-electron chi connectivity index (χ3n) is 1.97.